The van der Waals surface area contributed by atoms with Gasteiger partial charge in [-0.1, -0.05) is 13.0 Å². The number of quaternary nitrogens is 1. The molecule has 0 bridgehead atoms. The zero-order chi connectivity index (χ0) is 22.3. The van der Waals surface area contributed by atoms with Gasteiger partial charge in [0.2, 0.25) is 6.29 Å². The van der Waals surface area contributed by atoms with Gasteiger partial charge in [0.05, 0.1) is 19.1 Å². The maximum atomic E-state index is 11.4. The molecule has 1 unspecified atom stereocenters. The van der Waals surface area contributed by atoms with Gasteiger partial charge in [0.25, 0.3) is 0 Å². The number of phenolic OH excluding ortho intramolecular Hbond substituents is 1. The molecule has 31 heavy (non-hydrogen) atoms. The zero-order valence-electron chi connectivity index (χ0n) is 17.6. The van der Waals surface area contributed by atoms with Crippen molar-refractivity contribution in [2.75, 3.05) is 13.1 Å². The van der Waals surface area contributed by atoms with Crippen LogP contribution in [0.5, 0.6) is 11.5 Å². The largest absolute Gasteiger partial charge is 0.504 e. The Morgan fingerprint density at radius 2 is 1.97 bits per heavy atom. The van der Waals surface area contributed by atoms with Gasteiger partial charge in [0.1, 0.15) is 18.3 Å². The van der Waals surface area contributed by atoms with Gasteiger partial charge in [-0.2, -0.15) is 0 Å². The number of aliphatic hydroxyl groups is 3. The minimum Gasteiger partial charge on any atom is -0.504 e. The standard InChI is InChI=1S/C22H31NO8/c1-2-7-23-8-3-4-12-9-13-11(10-14(12)23)5-6-15(24)19(13)30-22-18(27)16(25)17(26)20(31-22)21(28)29/h5-6,12,14,16-18,20,22,24-27H,2-4,7-10H2,1H3,(H,28,29)/p+1/t12-,14-,16+,17+,18-,20+,22-/m1/s1. The fraction of sp³-hybridized carbons (Fsp3) is 0.682. The lowest BCUT2D eigenvalue weighted by Crippen LogP contribution is -3.18. The molecule has 1 aromatic carbocycles. The molecular formula is C22H32NO8+. The number of rotatable bonds is 5. The Bertz CT molecular complexity index is 815. The van der Waals surface area contributed by atoms with Crippen molar-refractivity contribution in [1.29, 1.82) is 0 Å². The van der Waals surface area contributed by atoms with Crippen LogP contribution in [0.2, 0.25) is 0 Å². The summed E-state index contributed by atoms with van der Waals surface area (Å²) in [5.41, 5.74) is 1.90. The van der Waals surface area contributed by atoms with Crippen LogP contribution in [0.4, 0.5) is 0 Å². The third-order valence-electron chi connectivity index (χ3n) is 7.03. The highest BCUT2D eigenvalue weighted by Crippen LogP contribution is 2.41. The number of carboxylic acid groups (broad SMARTS) is 1. The van der Waals surface area contributed by atoms with Crippen LogP contribution in [0.1, 0.15) is 37.3 Å². The van der Waals surface area contributed by atoms with E-state index in [-0.39, 0.29) is 11.5 Å². The fourth-order valence-electron chi connectivity index (χ4n) is 5.47. The highest BCUT2D eigenvalue weighted by molar-refractivity contribution is 5.73. The first kappa shape index (κ1) is 22.3. The highest BCUT2D eigenvalue weighted by Gasteiger charge is 2.49. The van der Waals surface area contributed by atoms with Crippen LogP contribution in [-0.2, 0) is 22.4 Å². The molecule has 172 valence electrons. The van der Waals surface area contributed by atoms with E-state index in [1.807, 2.05) is 6.07 Å². The number of aliphatic carboxylic acids is 1. The third kappa shape index (κ3) is 4.12. The van der Waals surface area contributed by atoms with Crippen molar-refractivity contribution in [3.8, 4) is 11.5 Å². The number of nitrogens with one attached hydrogen (secondary N) is 1. The topological polar surface area (TPSA) is 141 Å². The van der Waals surface area contributed by atoms with Gasteiger partial charge >= 0.3 is 5.97 Å². The van der Waals surface area contributed by atoms with Crippen molar-refractivity contribution in [2.45, 2.75) is 75.8 Å². The second-order valence-corrected chi connectivity index (χ2v) is 8.98. The lowest BCUT2D eigenvalue weighted by atomic mass is 9.75. The summed E-state index contributed by atoms with van der Waals surface area (Å²) in [6.45, 7) is 4.50. The summed E-state index contributed by atoms with van der Waals surface area (Å²) in [6, 6.07) is 3.94. The van der Waals surface area contributed by atoms with Crippen LogP contribution < -0.4 is 9.64 Å². The minimum absolute atomic E-state index is 0.131. The van der Waals surface area contributed by atoms with Crippen molar-refractivity contribution < 1.29 is 44.7 Å². The third-order valence-corrected chi connectivity index (χ3v) is 7.03. The Morgan fingerprint density at radius 3 is 2.68 bits per heavy atom. The van der Waals surface area contributed by atoms with Crippen LogP contribution in [0, 0.1) is 5.92 Å². The van der Waals surface area contributed by atoms with Gasteiger partial charge in [-0.15, -0.1) is 0 Å². The maximum Gasteiger partial charge on any atom is 0.335 e. The van der Waals surface area contributed by atoms with Gasteiger partial charge < -0.3 is 39.9 Å². The summed E-state index contributed by atoms with van der Waals surface area (Å²) >= 11 is 0. The highest BCUT2D eigenvalue weighted by atomic mass is 16.7. The molecule has 0 radical (unpaired) electrons. The van der Waals surface area contributed by atoms with E-state index in [1.54, 1.807) is 4.90 Å². The molecule has 1 aromatic rings. The molecule has 2 heterocycles. The lowest BCUT2D eigenvalue weighted by Gasteiger charge is -2.43. The predicted molar refractivity (Wildman–Crippen MR) is 108 cm³/mol. The lowest BCUT2D eigenvalue weighted by molar-refractivity contribution is -0.935. The Kier molecular flexibility index (Phi) is 6.41. The molecule has 8 atom stereocenters. The van der Waals surface area contributed by atoms with E-state index in [2.05, 4.69) is 6.92 Å². The monoisotopic (exact) mass is 438 g/mol. The van der Waals surface area contributed by atoms with Crippen LogP contribution in [0.3, 0.4) is 0 Å². The normalized spacial score (nSPS) is 37.5. The van der Waals surface area contributed by atoms with Gasteiger partial charge in [0, 0.05) is 17.9 Å². The molecule has 0 saturated carbocycles. The first-order valence-electron chi connectivity index (χ1n) is 11.1. The molecule has 3 aliphatic rings. The average Bonchev–Trinajstić information content (AvgIpc) is 2.75. The van der Waals surface area contributed by atoms with Crippen LogP contribution in [0.25, 0.3) is 0 Å². The summed E-state index contributed by atoms with van der Waals surface area (Å²) in [7, 11) is 0. The van der Waals surface area contributed by atoms with Gasteiger partial charge in [-0.25, -0.2) is 4.79 Å². The van der Waals surface area contributed by atoms with Gasteiger partial charge in [0.15, 0.2) is 17.6 Å². The molecule has 0 amide bonds. The molecule has 0 spiro atoms. The van der Waals surface area contributed by atoms with Crippen LogP contribution in [-0.4, -0.2) is 81.3 Å². The molecule has 1 aliphatic carbocycles. The number of benzene rings is 1. The number of hydrogen-bond donors (Lipinski definition) is 6. The molecule has 6 N–H and O–H groups in total. The number of likely N-dealkylation sites (tertiary alicyclic amines) is 1. The predicted octanol–water partition coefficient (Wildman–Crippen LogP) is -1.16. The van der Waals surface area contributed by atoms with E-state index in [0.717, 1.165) is 43.4 Å². The smallest absolute Gasteiger partial charge is 0.335 e. The van der Waals surface area contributed by atoms with Crippen LogP contribution >= 0.6 is 0 Å². The molecule has 2 fully saturated rings. The SMILES string of the molecule is CCC[NH+]1CCC[C@@H]2Cc3c(ccc(O)c3O[C@@H]3O[C@H](C(=O)O)[C@@H](O)[C@H](O)[C@H]3O)C[C@H]21. The maximum absolute atomic E-state index is 11.4. The number of carbonyl (C=O) groups is 1. The number of phenols is 1. The Labute approximate surface area is 180 Å². The molecule has 9 nitrogen and oxygen atoms in total. The van der Waals surface area contributed by atoms with E-state index in [0.29, 0.717) is 18.4 Å². The number of fused-ring (bicyclic) bond motifs is 2. The first-order valence-corrected chi connectivity index (χ1v) is 11.1. The zero-order valence-corrected chi connectivity index (χ0v) is 17.6. The number of piperidine rings is 1. The number of aromatic hydroxyl groups is 1. The Morgan fingerprint density at radius 1 is 1.19 bits per heavy atom. The van der Waals surface area contributed by atoms with Crippen molar-refractivity contribution in [3.05, 3.63) is 23.3 Å². The van der Waals surface area contributed by atoms with E-state index in [1.165, 1.54) is 12.6 Å². The number of hydrogen-bond acceptors (Lipinski definition) is 7. The van der Waals surface area contributed by atoms with E-state index < -0.39 is 36.7 Å². The summed E-state index contributed by atoms with van der Waals surface area (Å²) in [5, 5.41) is 50.0. The van der Waals surface area contributed by atoms with E-state index in [9.17, 15) is 30.3 Å². The van der Waals surface area contributed by atoms with Crippen molar-refractivity contribution >= 4 is 5.97 Å². The Balaban J connectivity index is 1.61. The number of aliphatic hydroxyl groups excluding tert-OH is 3. The second-order valence-electron chi connectivity index (χ2n) is 8.98. The molecule has 4 rings (SSSR count). The Hall–Kier alpha value is -1.91. The summed E-state index contributed by atoms with van der Waals surface area (Å²) in [4.78, 5) is 13.0. The second kappa shape index (κ2) is 8.91. The number of ether oxygens (including phenoxy) is 2. The van der Waals surface area contributed by atoms with Crippen molar-refractivity contribution in [1.82, 2.24) is 0 Å². The molecule has 2 aliphatic heterocycles. The van der Waals surface area contributed by atoms with E-state index >= 15 is 0 Å². The molecule has 9 heteroatoms. The quantitative estimate of drug-likeness (QED) is 0.338. The summed E-state index contributed by atoms with van der Waals surface area (Å²) < 4.78 is 11.0. The summed E-state index contributed by atoms with van der Waals surface area (Å²) in [6.07, 6.45) is -3.55. The van der Waals surface area contributed by atoms with E-state index in [4.69, 9.17) is 9.47 Å². The fourth-order valence-corrected chi connectivity index (χ4v) is 5.47. The molecular weight excluding hydrogens is 406 g/mol. The molecule has 2 saturated heterocycles. The number of carboxylic acids is 1. The first-order chi connectivity index (χ1) is 14.8. The minimum atomic E-state index is -1.79. The summed E-state index contributed by atoms with van der Waals surface area (Å²) in [5.74, 6) is -1.01. The van der Waals surface area contributed by atoms with Crippen LogP contribution in [0.15, 0.2) is 12.1 Å². The van der Waals surface area contributed by atoms with Gasteiger partial charge in [-0.3, -0.25) is 0 Å². The average molecular weight is 438 g/mol. The van der Waals surface area contributed by atoms with Crippen molar-refractivity contribution in [2.24, 2.45) is 5.92 Å². The molecule has 0 aromatic heterocycles. The van der Waals surface area contributed by atoms with Crippen molar-refractivity contribution in [3.63, 3.8) is 0 Å². The van der Waals surface area contributed by atoms with Gasteiger partial charge in [-0.05, 0) is 37.3 Å².